The van der Waals surface area contributed by atoms with Crippen LogP contribution in [0, 0.1) is 0 Å². The van der Waals surface area contributed by atoms with Crippen LogP contribution in [0.15, 0.2) is 30.3 Å². The van der Waals surface area contributed by atoms with Gasteiger partial charge in [0, 0.05) is 17.7 Å². The smallest absolute Gasteiger partial charge is 0.203 e. The lowest BCUT2D eigenvalue weighted by molar-refractivity contribution is 0.104. The number of allylic oxidation sites excluding steroid dienone is 1. The molecule has 0 fully saturated rings. The van der Waals surface area contributed by atoms with Crippen molar-refractivity contribution in [1.82, 2.24) is 0 Å². The maximum Gasteiger partial charge on any atom is 0.203 e. The first-order valence-corrected chi connectivity index (χ1v) is 7.96. The molecule has 0 saturated heterocycles. The molecule has 144 valence electrons. The average Bonchev–Trinajstić information content (AvgIpc) is 2.70. The van der Waals surface area contributed by atoms with Gasteiger partial charge in [0.25, 0.3) is 0 Å². The van der Waals surface area contributed by atoms with Crippen LogP contribution < -0.4 is 23.7 Å². The molecule has 27 heavy (non-hydrogen) atoms. The Kier molecular flexibility index (Phi) is 6.54. The van der Waals surface area contributed by atoms with Crippen LogP contribution >= 0.6 is 0 Å². The number of ether oxygens (including phenoxy) is 5. The van der Waals surface area contributed by atoms with Crippen LogP contribution in [0.3, 0.4) is 0 Å². The molecule has 0 aliphatic carbocycles. The van der Waals surface area contributed by atoms with E-state index < -0.39 is 0 Å². The second-order valence-electron chi connectivity index (χ2n) is 5.37. The summed E-state index contributed by atoms with van der Waals surface area (Å²) in [5.74, 6) is 1.58. The van der Waals surface area contributed by atoms with Crippen LogP contribution in [0.25, 0.3) is 6.08 Å². The summed E-state index contributed by atoms with van der Waals surface area (Å²) in [6.07, 6.45) is 2.80. The van der Waals surface area contributed by atoms with E-state index in [0.717, 1.165) is 0 Å². The molecule has 0 aliphatic rings. The summed E-state index contributed by atoms with van der Waals surface area (Å²) < 4.78 is 26.1. The van der Waals surface area contributed by atoms with E-state index in [2.05, 4.69) is 0 Å². The highest BCUT2D eigenvalue weighted by atomic mass is 16.5. The Labute approximate surface area is 157 Å². The summed E-state index contributed by atoms with van der Waals surface area (Å²) in [6.45, 7) is 0. The molecule has 0 amide bonds. The highest BCUT2D eigenvalue weighted by Gasteiger charge is 2.16. The topological polar surface area (TPSA) is 83.5 Å². The van der Waals surface area contributed by atoms with E-state index in [4.69, 9.17) is 23.7 Å². The van der Waals surface area contributed by atoms with Gasteiger partial charge in [0.1, 0.15) is 17.2 Å². The highest BCUT2D eigenvalue weighted by Crippen LogP contribution is 2.39. The van der Waals surface area contributed by atoms with E-state index in [1.165, 1.54) is 53.8 Å². The molecular weight excluding hydrogens is 352 g/mol. The molecule has 0 aromatic heterocycles. The van der Waals surface area contributed by atoms with E-state index in [1.54, 1.807) is 18.2 Å². The number of carbonyl (C=O) groups is 1. The number of aromatic hydroxyl groups is 1. The number of benzene rings is 2. The zero-order valence-electron chi connectivity index (χ0n) is 15.9. The number of methoxy groups -OCH3 is 5. The van der Waals surface area contributed by atoms with Gasteiger partial charge in [0.2, 0.25) is 5.75 Å². The third-order valence-electron chi connectivity index (χ3n) is 3.90. The number of phenols is 1. The van der Waals surface area contributed by atoms with Crippen molar-refractivity contribution >= 4 is 11.9 Å². The molecule has 2 rings (SSSR count). The SMILES string of the molecule is COc1cc(O)c(/C=C/C(=O)c2cc(OC)c(OC)c(OC)c2)c(OC)c1. The second kappa shape index (κ2) is 8.84. The van der Waals surface area contributed by atoms with Crippen LogP contribution in [-0.4, -0.2) is 46.4 Å². The molecule has 0 unspecified atom stereocenters. The summed E-state index contributed by atoms with van der Waals surface area (Å²) >= 11 is 0. The van der Waals surface area contributed by atoms with Crippen molar-refractivity contribution in [1.29, 1.82) is 0 Å². The van der Waals surface area contributed by atoms with Crippen molar-refractivity contribution in [2.24, 2.45) is 0 Å². The van der Waals surface area contributed by atoms with E-state index in [-0.39, 0.29) is 11.5 Å². The molecule has 0 spiro atoms. The normalized spacial score (nSPS) is 10.6. The van der Waals surface area contributed by atoms with E-state index >= 15 is 0 Å². The maximum absolute atomic E-state index is 12.6. The van der Waals surface area contributed by atoms with Crippen molar-refractivity contribution in [3.05, 3.63) is 41.5 Å². The molecule has 1 N–H and O–H groups in total. The number of ketones is 1. The fourth-order valence-electron chi connectivity index (χ4n) is 2.52. The van der Waals surface area contributed by atoms with Crippen LogP contribution in [0.1, 0.15) is 15.9 Å². The molecule has 0 atom stereocenters. The van der Waals surface area contributed by atoms with Gasteiger partial charge in [-0.25, -0.2) is 0 Å². The van der Waals surface area contributed by atoms with Gasteiger partial charge in [-0.2, -0.15) is 0 Å². The molecule has 7 heteroatoms. The van der Waals surface area contributed by atoms with Gasteiger partial charge in [-0.05, 0) is 24.3 Å². The van der Waals surface area contributed by atoms with Crippen LogP contribution in [0.2, 0.25) is 0 Å². The highest BCUT2D eigenvalue weighted by molar-refractivity contribution is 6.07. The lowest BCUT2D eigenvalue weighted by Gasteiger charge is -2.13. The van der Waals surface area contributed by atoms with E-state index in [1.807, 2.05) is 0 Å². The predicted molar refractivity (Wildman–Crippen MR) is 101 cm³/mol. The number of rotatable bonds is 8. The molecule has 7 nitrogen and oxygen atoms in total. The fourth-order valence-corrected chi connectivity index (χ4v) is 2.52. The Morgan fingerprint density at radius 1 is 0.815 bits per heavy atom. The van der Waals surface area contributed by atoms with Crippen molar-refractivity contribution in [2.75, 3.05) is 35.5 Å². The quantitative estimate of drug-likeness (QED) is 0.560. The monoisotopic (exact) mass is 374 g/mol. The Hall–Kier alpha value is -3.35. The predicted octanol–water partition coefficient (Wildman–Crippen LogP) is 3.33. The number of hydrogen-bond acceptors (Lipinski definition) is 7. The summed E-state index contributed by atoms with van der Waals surface area (Å²) in [5, 5.41) is 10.2. The Morgan fingerprint density at radius 2 is 1.41 bits per heavy atom. The van der Waals surface area contributed by atoms with Gasteiger partial charge >= 0.3 is 0 Å². The number of phenolic OH excluding ortho intramolecular Hbond substituents is 1. The van der Waals surface area contributed by atoms with Gasteiger partial charge in [-0.15, -0.1) is 0 Å². The Balaban J connectivity index is 2.40. The summed E-state index contributed by atoms with van der Waals surface area (Å²) in [4.78, 5) is 12.6. The number of hydrogen-bond donors (Lipinski definition) is 1. The molecule has 0 bridgehead atoms. The largest absolute Gasteiger partial charge is 0.507 e. The molecule has 0 heterocycles. The summed E-state index contributed by atoms with van der Waals surface area (Å²) in [6, 6.07) is 6.16. The molecular formula is C20H22O7. The fraction of sp³-hybridized carbons (Fsp3) is 0.250. The van der Waals surface area contributed by atoms with Gasteiger partial charge < -0.3 is 28.8 Å². The number of carbonyl (C=O) groups excluding carboxylic acids is 1. The zero-order chi connectivity index (χ0) is 20.0. The molecule has 0 aliphatic heterocycles. The standard InChI is InChI=1S/C20H22O7/c1-23-13-10-16(22)14(17(11-13)24-2)6-7-15(21)12-8-18(25-3)20(27-5)19(9-12)26-4/h6-11,22H,1-5H3/b7-6+. The van der Waals surface area contributed by atoms with E-state index in [0.29, 0.717) is 39.9 Å². The Morgan fingerprint density at radius 3 is 1.89 bits per heavy atom. The van der Waals surface area contributed by atoms with Crippen molar-refractivity contribution in [3.8, 4) is 34.5 Å². The molecule has 2 aromatic carbocycles. The first-order chi connectivity index (χ1) is 13.0. The third-order valence-corrected chi connectivity index (χ3v) is 3.90. The molecule has 0 radical (unpaired) electrons. The van der Waals surface area contributed by atoms with Crippen LogP contribution in [0.4, 0.5) is 0 Å². The molecule has 0 saturated carbocycles. The summed E-state index contributed by atoms with van der Waals surface area (Å²) in [7, 11) is 7.38. The van der Waals surface area contributed by atoms with Crippen molar-refractivity contribution < 1.29 is 33.6 Å². The minimum Gasteiger partial charge on any atom is -0.507 e. The zero-order valence-corrected chi connectivity index (χ0v) is 15.9. The third kappa shape index (κ3) is 4.25. The van der Waals surface area contributed by atoms with Crippen LogP contribution in [-0.2, 0) is 0 Å². The Bertz CT molecular complexity index is 831. The lowest BCUT2D eigenvalue weighted by atomic mass is 10.1. The van der Waals surface area contributed by atoms with Crippen molar-refractivity contribution in [2.45, 2.75) is 0 Å². The average molecular weight is 374 g/mol. The van der Waals surface area contributed by atoms with E-state index in [9.17, 15) is 9.90 Å². The van der Waals surface area contributed by atoms with Crippen molar-refractivity contribution in [3.63, 3.8) is 0 Å². The lowest BCUT2D eigenvalue weighted by Crippen LogP contribution is -2.00. The first-order valence-electron chi connectivity index (χ1n) is 7.96. The van der Waals surface area contributed by atoms with Crippen LogP contribution in [0.5, 0.6) is 34.5 Å². The van der Waals surface area contributed by atoms with Gasteiger partial charge in [0.05, 0.1) is 41.1 Å². The summed E-state index contributed by atoms with van der Waals surface area (Å²) in [5.41, 5.74) is 0.701. The van der Waals surface area contributed by atoms with Gasteiger partial charge in [0.15, 0.2) is 17.3 Å². The van der Waals surface area contributed by atoms with Gasteiger partial charge in [-0.1, -0.05) is 0 Å². The first kappa shape index (κ1) is 20.0. The van der Waals surface area contributed by atoms with Gasteiger partial charge in [-0.3, -0.25) is 4.79 Å². The maximum atomic E-state index is 12.6. The minimum absolute atomic E-state index is 0.0693. The minimum atomic E-state index is -0.313. The second-order valence-corrected chi connectivity index (χ2v) is 5.37. The molecule has 2 aromatic rings.